The fourth-order valence-electron chi connectivity index (χ4n) is 2.31. The summed E-state index contributed by atoms with van der Waals surface area (Å²) in [6, 6.07) is 8.70. The minimum atomic E-state index is -4.54. The number of hydrogen-bond donors (Lipinski definition) is 1. The molecule has 0 spiro atoms. The summed E-state index contributed by atoms with van der Waals surface area (Å²) in [6.45, 7) is 3.85. The van der Waals surface area contributed by atoms with Crippen molar-refractivity contribution in [3.05, 3.63) is 47.8 Å². The molecule has 0 bridgehead atoms. The number of carbonyl (C=O) groups is 1. The maximum Gasteiger partial charge on any atom is 0.435 e. The van der Waals surface area contributed by atoms with Crippen molar-refractivity contribution < 1.29 is 18.0 Å². The van der Waals surface area contributed by atoms with Crippen molar-refractivity contribution in [2.24, 2.45) is 0 Å². The zero-order valence-corrected chi connectivity index (χ0v) is 15.3. The summed E-state index contributed by atoms with van der Waals surface area (Å²) in [7, 11) is 0. The van der Waals surface area contributed by atoms with E-state index >= 15 is 0 Å². The summed E-state index contributed by atoms with van der Waals surface area (Å²) in [6.07, 6.45) is -3.44. The number of carbonyl (C=O) groups excluding carboxylic acids is 1. The molecule has 0 saturated carbocycles. The van der Waals surface area contributed by atoms with Crippen LogP contribution in [-0.4, -0.2) is 25.9 Å². The van der Waals surface area contributed by atoms with Crippen LogP contribution in [0.5, 0.6) is 0 Å². The van der Waals surface area contributed by atoms with Crippen LogP contribution in [0.15, 0.2) is 36.5 Å². The largest absolute Gasteiger partial charge is 0.435 e. The Morgan fingerprint density at radius 2 is 1.89 bits per heavy atom. The molecular formula is C17H16F3N5OS. The predicted molar refractivity (Wildman–Crippen MR) is 95.3 cm³/mol. The molecule has 0 radical (unpaired) electrons. The number of halogens is 3. The summed E-state index contributed by atoms with van der Waals surface area (Å²) in [5, 5.41) is 14.7. The van der Waals surface area contributed by atoms with Gasteiger partial charge in [-0.1, -0.05) is 49.4 Å². The molecule has 0 aliphatic carbocycles. The second-order valence-corrected chi connectivity index (χ2v) is 7.11. The molecule has 0 aliphatic rings. The molecule has 27 heavy (non-hydrogen) atoms. The van der Waals surface area contributed by atoms with Crippen LogP contribution >= 0.6 is 11.3 Å². The van der Waals surface area contributed by atoms with Crippen LogP contribution in [0.3, 0.4) is 0 Å². The van der Waals surface area contributed by atoms with Crippen LogP contribution in [0, 0.1) is 0 Å². The van der Waals surface area contributed by atoms with Gasteiger partial charge in [-0.05, 0) is 17.5 Å². The lowest BCUT2D eigenvalue weighted by atomic mass is 10.0. The lowest BCUT2D eigenvalue weighted by molar-refractivity contribution is -0.141. The fourth-order valence-corrected chi connectivity index (χ4v) is 3.07. The van der Waals surface area contributed by atoms with E-state index in [2.05, 4.69) is 34.5 Å². The number of nitrogens with zero attached hydrogens (tertiary/aromatic N) is 4. The van der Waals surface area contributed by atoms with E-state index in [0.29, 0.717) is 10.9 Å². The van der Waals surface area contributed by atoms with Gasteiger partial charge in [-0.2, -0.15) is 18.3 Å². The van der Waals surface area contributed by atoms with E-state index in [4.69, 9.17) is 0 Å². The molecule has 3 rings (SSSR count). The van der Waals surface area contributed by atoms with Gasteiger partial charge in [0.2, 0.25) is 11.0 Å². The Bertz CT molecular complexity index is 931. The molecule has 0 fully saturated rings. The summed E-state index contributed by atoms with van der Waals surface area (Å²) in [4.78, 5) is 12.0. The van der Waals surface area contributed by atoms with E-state index in [1.165, 1.54) is 16.9 Å². The molecule has 0 aliphatic heterocycles. The van der Waals surface area contributed by atoms with Crippen LogP contribution in [0.4, 0.5) is 18.3 Å². The Hall–Kier alpha value is -2.75. The van der Waals surface area contributed by atoms with Crippen LogP contribution in [0.1, 0.15) is 31.0 Å². The molecule has 0 unspecified atom stereocenters. The first-order valence-electron chi connectivity index (χ1n) is 8.06. The highest BCUT2D eigenvalue weighted by atomic mass is 32.1. The molecule has 3 aromatic rings. The van der Waals surface area contributed by atoms with E-state index in [1.807, 2.05) is 24.3 Å². The van der Waals surface area contributed by atoms with E-state index in [1.54, 1.807) is 0 Å². The second-order valence-electron chi connectivity index (χ2n) is 6.13. The molecule has 6 nitrogen and oxygen atoms in total. The monoisotopic (exact) mass is 395 g/mol. The first-order valence-corrected chi connectivity index (χ1v) is 8.88. The van der Waals surface area contributed by atoms with Crippen molar-refractivity contribution in [3.63, 3.8) is 0 Å². The summed E-state index contributed by atoms with van der Waals surface area (Å²) < 4.78 is 38.5. The van der Waals surface area contributed by atoms with E-state index < -0.39 is 17.8 Å². The van der Waals surface area contributed by atoms with Crippen molar-refractivity contribution in [2.45, 2.75) is 32.5 Å². The molecule has 1 N–H and O–H groups in total. The van der Waals surface area contributed by atoms with Crippen LogP contribution < -0.4 is 5.32 Å². The second kappa shape index (κ2) is 7.47. The Morgan fingerprint density at radius 1 is 1.19 bits per heavy atom. The number of hydrogen-bond acceptors (Lipinski definition) is 5. The highest BCUT2D eigenvalue weighted by molar-refractivity contribution is 7.18. The summed E-state index contributed by atoms with van der Waals surface area (Å²) >= 11 is 1.18. The van der Waals surface area contributed by atoms with Crippen molar-refractivity contribution in [1.82, 2.24) is 20.0 Å². The molecule has 0 atom stereocenters. The van der Waals surface area contributed by atoms with Gasteiger partial charge < -0.3 is 0 Å². The minimum absolute atomic E-state index is 0.270. The van der Waals surface area contributed by atoms with Crippen LogP contribution in [0.25, 0.3) is 10.6 Å². The lowest BCUT2D eigenvalue weighted by Gasteiger charge is -2.04. The summed E-state index contributed by atoms with van der Waals surface area (Å²) in [5.41, 5.74) is 1.03. The fraction of sp³-hybridized carbons (Fsp3) is 0.294. The predicted octanol–water partition coefficient (Wildman–Crippen LogP) is 4.18. The molecule has 0 saturated heterocycles. The molecule has 10 heteroatoms. The van der Waals surface area contributed by atoms with Crippen LogP contribution in [0.2, 0.25) is 0 Å². The number of alkyl halides is 3. The van der Waals surface area contributed by atoms with Crippen molar-refractivity contribution in [1.29, 1.82) is 0 Å². The Labute approximate surface area is 157 Å². The molecule has 2 aromatic heterocycles. The highest BCUT2D eigenvalue weighted by Crippen LogP contribution is 2.28. The Morgan fingerprint density at radius 3 is 2.48 bits per heavy atom. The lowest BCUT2D eigenvalue weighted by Crippen LogP contribution is -2.19. The molecular weight excluding hydrogens is 379 g/mol. The van der Waals surface area contributed by atoms with Crippen LogP contribution in [-0.2, 0) is 17.5 Å². The number of amides is 1. The Kier molecular flexibility index (Phi) is 5.26. The zero-order chi connectivity index (χ0) is 19.6. The number of aromatic nitrogens is 4. The Balaban J connectivity index is 1.63. The van der Waals surface area contributed by atoms with Crippen molar-refractivity contribution in [3.8, 4) is 10.6 Å². The van der Waals surface area contributed by atoms with E-state index in [0.717, 1.165) is 22.5 Å². The minimum Gasteiger partial charge on any atom is -0.299 e. The number of anilines is 1. The van der Waals surface area contributed by atoms with Gasteiger partial charge in [0, 0.05) is 11.8 Å². The van der Waals surface area contributed by atoms with E-state index in [9.17, 15) is 18.0 Å². The average Bonchev–Trinajstić information content (AvgIpc) is 3.24. The van der Waals surface area contributed by atoms with Gasteiger partial charge in [-0.3, -0.25) is 14.8 Å². The SMILES string of the molecule is CC(C)c1ccc(-c2nnc(NC(=O)Cn3ccc(C(F)(F)F)n3)s2)cc1. The van der Waals surface area contributed by atoms with Crippen molar-refractivity contribution in [2.75, 3.05) is 5.32 Å². The molecule has 1 aromatic carbocycles. The van der Waals surface area contributed by atoms with Gasteiger partial charge in [0.1, 0.15) is 11.6 Å². The third-order valence-corrected chi connectivity index (χ3v) is 4.62. The first-order chi connectivity index (χ1) is 12.7. The van der Waals surface area contributed by atoms with Gasteiger partial charge in [-0.15, -0.1) is 10.2 Å². The van der Waals surface area contributed by atoms with Gasteiger partial charge in [0.15, 0.2) is 5.69 Å². The maximum absolute atomic E-state index is 12.5. The maximum atomic E-state index is 12.5. The smallest absolute Gasteiger partial charge is 0.299 e. The third kappa shape index (κ3) is 4.70. The number of nitrogens with one attached hydrogen (secondary N) is 1. The van der Waals surface area contributed by atoms with Gasteiger partial charge in [0.25, 0.3) is 0 Å². The topological polar surface area (TPSA) is 72.7 Å². The van der Waals surface area contributed by atoms with Crippen molar-refractivity contribution >= 4 is 22.4 Å². The zero-order valence-electron chi connectivity index (χ0n) is 14.5. The normalized spacial score (nSPS) is 11.8. The molecule has 142 valence electrons. The third-order valence-electron chi connectivity index (χ3n) is 3.73. The number of benzene rings is 1. The standard InChI is InChI=1S/C17H16F3N5OS/c1-10(2)11-3-5-12(6-4-11)15-22-23-16(27-15)21-14(26)9-25-8-7-13(24-25)17(18,19)20/h3-8,10H,9H2,1-2H3,(H,21,23,26). The number of rotatable bonds is 5. The highest BCUT2D eigenvalue weighted by Gasteiger charge is 2.33. The molecule has 2 heterocycles. The van der Waals surface area contributed by atoms with Gasteiger partial charge >= 0.3 is 6.18 Å². The van der Waals surface area contributed by atoms with Gasteiger partial charge in [0.05, 0.1) is 0 Å². The molecule has 1 amide bonds. The first kappa shape index (κ1) is 19.0. The van der Waals surface area contributed by atoms with Gasteiger partial charge in [-0.25, -0.2) is 0 Å². The summed E-state index contributed by atoms with van der Waals surface area (Å²) in [5.74, 6) is -0.117. The average molecular weight is 395 g/mol. The quantitative estimate of drug-likeness (QED) is 0.703. The van der Waals surface area contributed by atoms with E-state index in [-0.39, 0.29) is 11.7 Å².